The maximum atomic E-state index is 14.4. The number of halogens is 1. The molecule has 1 atom stereocenters. The molecule has 1 amide bonds. The number of imidazole rings is 1. The van der Waals surface area contributed by atoms with Crippen LogP contribution in [0.15, 0.2) is 36.9 Å². The third-order valence-corrected chi connectivity index (χ3v) is 6.52. The molecule has 0 unspecified atom stereocenters. The van der Waals surface area contributed by atoms with Crippen molar-refractivity contribution in [3.05, 3.63) is 71.1 Å². The molecule has 33 heavy (non-hydrogen) atoms. The molecule has 6 heterocycles. The van der Waals surface area contributed by atoms with Gasteiger partial charge >= 0.3 is 0 Å². The molecule has 0 saturated carbocycles. The van der Waals surface area contributed by atoms with Crippen molar-refractivity contribution in [3.63, 3.8) is 0 Å². The second-order valence-corrected chi connectivity index (χ2v) is 8.54. The molecular formula is C23H23FN8O. The molecule has 0 spiro atoms. The Labute approximate surface area is 189 Å². The van der Waals surface area contributed by atoms with Crippen molar-refractivity contribution in [2.75, 3.05) is 24.5 Å². The van der Waals surface area contributed by atoms with Crippen molar-refractivity contribution >= 4 is 17.4 Å². The van der Waals surface area contributed by atoms with E-state index in [2.05, 4.69) is 20.1 Å². The number of nitrogens with one attached hydrogen (secondary N) is 1. The number of aryl methyl sites for hydroxylation is 1. The van der Waals surface area contributed by atoms with E-state index in [1.165, 1.54) is 10.6 Å². The van der Waals surface area contributed by atoms with Crippen LogP contribution in [0.3, 0.4) is 0 Å². The molecule has 4 aromatic heterocycles. The Morgan fingerprint density at radius 2 is 2.06 bits per heavy atom. The summed E-state index contributed by atoms with van der Waals surface area (Å²) in [4.78, 5) is 33.8. The first kappa shape index (κ1) is 19.8. The lowest BCUT2D eigenvalue weighted by atomic mass is 10.00. The normalized spacial score (nSPS) is 18.2. The second kappa shape index (κ2) is 7.65. The van der Waals surface area contributed by atoms with E-state index in [-0.39, 0.29) is 17.8 Å². The molecule has 4 aromatic rings. The van der Waals surface area contributed by atoms with Gasteiger partial charge in [-0.2, -0.15) is 5.10 Å². The Kier molecular flexibility index (Phi) is 4.60. The van der Waals surface area contributed by atoms with Crippen LogP contribution in [-0.2, 0) is 6.42 Å². The van der Waals surface area contributed by atoms with Gasteiger partial charge in [0.25, 0.3) is 5.91 Å². The SMILES string of the molecule is Cc1nc(N2CCc3[nH]cnc3[C@H]2c2cc3c(F)cccn3n2)ncc1C(=O)N1CCCC1. The van der Waals surface area contributed by atoms with Crippen molar-refractivity contribution in [1.29, 1.82) is 0 Å². The lowest BCUT2D eigenvalue weighted by Gasteiger charge is -2.34. The number of aromatic amines is 1. The summed E-state index contributed by atoms with van der Waals surface area (Å²) in [5, 5.41) is 4.64. The number of hydrogen-bond donors (Lipinski definition) is 1. The van der Waals surface area contributed by atoms with Gasteiger partial charge in [0, 0.05) is 44.1 Å². The Morgan fingerprint density at radius 1 is 1.21 bits per heavy atom. The number of nitrogens with zero attached hydrogens (tertiary/aromatic N) is 7. The molecular weight excluding hydrogens is 423 g/mol. The summed E-state index contributed by atoms with van der Waals surface area (Å²) in [6.45, 7) is 4.03. The summed E-state index contributed by atoms with van der Waals surface area (Å²) in [5.41, 5.74) is 4.08. The average molecular weight is 446 g/mol. The first-order valence-electron chi connectivity index (χ1n) is 11.2. The zero-order valence-electron chi connectivity index (χ0n) is 18.2. The van der Waals surface area contributed by atoms with Gasteiger partial charge in [-0.3, -0.25) is 4.79 Å². The van der Waals surface area contributed by atoms with Crippen LogP contribution >= 0.6 is 0 Å². The van der Waals surface area contributed by atoms with Crippen molar-refractivity contribution < 1.29 is 9.18 Å². The van der Waals surface area contributed by atoms with E-state index in [0.29, 0.717) is 35.0 Å². The molecule has 10 heteroatoms. The van der Waals surface area contributed by atoms with E-state index in [4.69, 9.17) is 4.98 Å². The minimum Gasteiger partial charge on any atom is -0.348 e. The molecule has 9 nitrogen and oxygen atoms in total. The Bertz CT molecular complexity index is 1360. The molecule has 2 aliphatic heterocycles. The fraction of sp³-hybridized carbons (Fsp3) is 0.348. The maximum Gasteiger partial charge on any atom is 0.257 e. The highest BCUT2D eigenvalue weighted by Crippen LogP contribution is 2.35. The molecule has 1 saturated heterocycles. The van der Waals surface area contributed by atoms with E-state index in [9.17, 15) is 9.18 Å². The zero-order chi connectivity index (χ0) is 22.5. The predicted molar refractivity (Wildman–Crippen MR) is 119 cm³/mol. The van der Waals surface area contributed by atoms with Gasteiger partial charge in [0.05, 0.1) is 29.0 Å². The standard InChI is InChI=1S/C23H23FN8O/c1-14-15(22(33)30-7-2-3-8-30)12-25-23(28-14)31-10-6-17-20(27-13-26-17)21(31)18-11-19-16(24)5-4-9-32(19)29-18/h4-5,9,11-13,21H,2-3,6-8,10H2,1H3,(H,26,27)/t21-/m1/s1. The summed E-state index contributed by atoms with van der Waals surface area (Å²) < 4.78 is 15.9. The van der Waals surface area contributed by atoms with Gasteiger partial charge in [-0.1, -0.05) is 0 Å². The number of anilines is 1. The first-order chi connectivity index (χ1) is 16.1. The molecule has 6 rings (SSSR count). The average Bonchev–Trinajstić information content (AvgIpc) is 3.58. The molecule has 0 aliphatic carbocycles. The predicted octanol–water partition coefficient (Wildman–Crippen LogP) is 2.68. The first-order valence-corrected chi connectivity index (χ1v) is 11.2. The van der Waals surface area contributed by atoms with Crippen LogP contribution in [0, 0.1) is 12.7 Å². The lowest BCUT2D eigenvalue weighted by molar-refractivity contribution is 0.0791. The van der Waals surface area contributed by atoms with Crippen molar-refractivity contribution in [2.45, 2.75) is 32.2 Å². The van der Waals surface area contributed by atoms with Gasteiger partial charge < -0.3 is 14.8 Å². The fourth-order valence-corrected chi connectivity index (χ4v) is 4.82. The van der Waals surface area contributed by atoms with Gasteiger partial charge in [-0.25, -0.2) is 23.9 Å². The fourth-order valence-electron chi connectivity index (χ4n) is 4.82. The zero-order valence-corrected chi connectivity index (χ0v) is 18.2. The Morgan fingerprint density at radius 3 is 2.85 bits per heavy atom. The van der Waals surface area contributed by atoms with Crippen LogP contribution in [0.4, 0.5) is 10.3 Å². The van der Waals surface area contributed by atoms with Crippen LogP contribution in [0.2, 0.25) is 0 Å². The summed E-state index contributed by atoms with van der Waals surface area (Å²) in [6.07, 6.45) is 7.82. The monoisotopic (exact) mass is 446 g/mol. The largest absolute Gasteiger partial charge is 0.348 e. The van der Waals surface area contributed by atoms with E-state index >= 15 is 0 Å². The number of carbonyl (C=O) groups is 1. The smallest absolute Gasteiger partial charge is 0.257 e. The van der Waals surface area contributed by atoms with Crippen molar-refractivity contribution in [1.82, 2.24) is 34.4 Å². The van der Waals surface area contributed by atoms with Gasteiger partial charge in [-0.15, -0.1) is 0 Å². The van der Waals surface area contributed by atoms with Crippen LogP contribution in [0.5, 0.6) is 0 Å². The molecule has 2 aliphatic rings. The second-order valence-electron chi connectivity index (χ2n) is 8.54. The van der Waals surface area contributed by atoms with Crippen LogP contribution < -0.4 is 4.90 Å². The number of amides is 1. The minimum atomic E-state index is -0.376. The van der Waals surface area contributed by atoms with E-state index in [1.54, 1.807) is 30.9 Å². The third kappa shape index (κ3) is 3.24. The molecule has 0 radical (unpaired) electrons. The van der Waals surface area contributed by atoms with Gasteiger partial charge in [0.1, 0.15) is 17.4 Å². The Hall–Kier alpha value is -3.82. The van der Waals surface area contributed by atoms with Crippen LogP contribution in [0.25, 0.3) is 5.52 Å². The molecule has 1 fully saturated rings. The number of aromatic nitrogens is 6. The number of pyridine rings is 1. The number of hydrogen-bond acceptors (Lipinski definition) is 6. The lowest BCUT2D eigenvalue weighted by Crippen LogP contribution is -2.38. The summed E-state index contributed by atoms with van der Waals surface area (Å²) in [7, 11) is 0. The quantitative estimate of drug-likeness (QED) is 0.520. The number of H-pyrrole nitrogens is 1. The number of likely N-dealkylation sites (tertiary alicyclic amines) is 1. The third-order valence-electron chi connectivity index (χ3n) is 6.52. The topological polar surface area (TPSA) is 95.3 Å². The summed E-state index contributed by atoms with van der Waals surface area (Å²) in [6, 6.07) is 4.41. The Balaban J connectivity index is 1.41. The minimum absolute atomic E-state index is 0.0165. The maximum absolute atomic E-state index is 14.4. The van der Waals surface area contributed by atoms with Gasteiger partial charge in [-0.05, 0) is 38.0 Å². The van der Waals surface area contributed by atoms with Gasteiger partial charge in [0.2, 0.25) is 5.95 Å². The molecule has 0 aromatic carbocycles. The highest BCUT2D eigenvalue weighted by Gasteiger charge is 2.35. The highest BCUT2D eigenvalue weighted by atomic mass is 19.1. The molecule has 168 valence electrons. The van der Waals surface area contributed by atoms with Crippen LogP contribution in [-0.4, -0.2) is 60.0 Å². The van der Waals surface area contributed by atoms with Crippen LogP contribution in [0.1, 0.15) is 52.0 Å². The number of rotatable bonds is 3. The summed E-state index contributed by atoms with van der Waals surface area (Å²) in [5.74, 6) is 0.150. The van der Waals surface area contributed by atoms with E-state index < -0.39 is 0 Å². The van der Waals surface area contributed by atoms with Crippen molar-refractivity contribution in [3.8, 4) is 0 Å². The number of carbonyl (C=O) groups excluding carboxylic acids is 1. The van der Waals surface area contributed by atoms with Crippen molar-refractivity contribution in [2.24, 2.45) is 0 Å². The van der Waals surface area contributed by atoms with Gasteiger partial charge in [0.15, 0.2) is 0 Å². The highest BCUT2D eigenvalue weighted by molar-refractivity contribution is 5.95. The number of fused-ring (bicyclic) bond motifs is 2. The molecule has 1 N–H and O–H groups in total. The summed E-state index contributed by atoms with van der Waals surface area (Å²) >= 11 is 0. The van der Waals surface area contributed by atoms with E-state index in [1.807, 2.05) is 16.7 Å². The van der Waals surface area contributed by atoms with E-state index in [0.717, 1.165) is 43.7 Å². The molecule has 0 bridgehead atoms.